The van der Waals surface area contributed by atoms with Gasteiger partial charge in [-0.1, -0.05) is 13.3 Å². The molecule has 3 rings (SSSR count). The summed E-state index contributed by atoms with van der Waals surface area (Å²) < 4.78 is 11.6. The van der Waals surface area contributed by atoms with Gasteiger partial charge in [-0.05, 0) is 63.6 Å². The molecule has 0 aliphatic carbocycles. The third kappa shape index (κ3) is 7.60. The maximum Gasteiger partial charge on any atom is 0.191 e. The Morgan fingerprint density at radius 2 is 1.97 bits per heavy atom. The molecule has 2 fully saturated rings. The van der Waals surface area contributed by atoms with Crippen molar-refractivity contribution in [3.8, 4) is 0 Å². The Kier molecular flexibility index (Phi) is 11.9. The van der Waals surface area contributed by atoms with Crippen LogP contribution in [0.2, 0.25) is 0 Å². The van der Waals surface area contributed by atoms with Crippen molar-refractivity contribution in [2.45, 2.75) is 56.7 Å². The molecular weight excluding hydrogens is 511 g/mol. The smallest absolute Gasteiger partial charge is 0.191 e. The van der Waals surface area contributed by atoms with E-state index in [9.17, 15) is 0 Å². The summed E-state index contributed by atoms with van der Waals surface area (Å²) in [6, 6.07) is 4.33. The predicted octanol–water partition coefficient (Wildman–Crippen LogP) is 4.28. The van der Waals surface area contributed by atoms with Crippen molar-refractivity contribution in [1.29, 1.82) is 0 Å². The topological polar surface area (TPSA) is 62.0 Å². The van der Waals surface area contributed by atoms with Gasteiger partial charge in [0.25, 0.3) is 0 Å². The number of thioether (sulfide) groups is 1. The Hall–Kier alpha value is -0.450. The number of ether oxygens (including phenoxy) is 1. The number of nitrogens with zero attached hydrogens (tertiary/aromatic N) is 2. The van der Waals surface area contributed by atoms with E-state index in [4.69, 9.17) is 14.1 Å². The first-order chi connectivity index (χ1) is 14.3. The fraction of sp³-hybridized carbons (Fsp3) is 0.773. The largest absolute Gasteiger partial charge is 0.468 e. The molecule has 172 valence electrons. The van der Waals surface area contributed by atoms with E-state index in [-0.39, 0.29) is 34.8 Å². The van der Waals surface area contributed by atoms with Crippen LogP contribution in [0, 0.1) is 0 Å². The zero-order valence-electron chi connectivity index (χ0n) is 18.5. The van der Waals surface area contributed by atoms with Crippen LogP contribution >= 0.6 is 35.7 Å². The summed E-state index contributed by atoms with van der Waals surface area (Å²) >= 11 is 2.04. The molecule has 3 heterocycles. The van der Waals surface area contributed by atoms with Crippen LogP contribution in [0.1, 0.15) is 57.8 Å². The SMILES string of the molecule is CCNC(=NCC1(SCC)CCOCC1)NCC(c1ccco1)N1CCCCC1.I. The summed E-state index contributed by atoms with van der Waals surface area (Å²) in [6.07, 6.45) is 7.81. The van der Waals surface area contributed by atoms with Crippen LogP contribution in [0.4, 0.5) is 0 Å². The van der Waals surface area contributed by atoms with Crippen LogP contribution in [-0.2, 0) is 4.74 Å². The molecule has 2 N–H and O–H groups in total. The molecule has 0 bridgehead atoms. The van der Waals surface area contributed by atoms with Gasteiger partial charge in [0.05, 0.1) is 18.8 Å². The number of halogens is 1. The number of rotatable bonds is 9. The summed E-state index contributed by atoms with van der Waals surface area (Å²) in [7, 11) is 0. The second-order valence-corrected chi connectivity index (χ2v) is 9.66. The molecule has 0 aromatic carbocycles. The molecular formula is C22H39IN4O2S. The van der Waals surface area contributed by atoms with E-state index in [2.05, 4.69) is 35.4 Å². The molecule has 1 aromatic heterocycles. The molecule has 0 radical (unpaired) electrons. The molecule has 8 heteroatoms. The minimum atomic E-state index is 0. The molecule has 0 spiro atoms. The van der Waals surface area contributed by atoms with Crippen molar-refractivity contribution >= 4 is 41.7 Å². The number of nitrogens with one attached hydrogen (secondary N) is 2. The minimum absolute atomic E-state index is 0. The standard InChI is InChI=1S/C22H38N4O2S.HI/c1-3-23-21(25-18-22(29-4-2)10-15-27-16-11-22)24-17-19(20-9-8-14-28-20)26-12-6-5-7-13-26;/h8-9,14,19H,3-7,10-13,15-18H2,1-2H3,(H2,23,24,25);1H. The molecule has 1 unspecified atom stereocenters. The summed E-state index contributed by atoms with van der Waals surface area (Å²) in [5.41, 5.74) is 0. The van der Waals surface area contributed by atoms with E-state index in [1.807, 2.05) is 17.8 Å². The Morgan fingerprint density at radius 3 is 2.60 bits per heavy atom. The first-order valence-electron chi connectivity index (χ1n) is 11.3. The number of likely N-dealkylation sites (tertiary alicyclic amines) is 1. The van der Waals surface area contributed by atoms with Gasteiger partial charge in [-0.2, -0.15) is 11.8 Å². The maximum atomic E-state index is 5.79. The third-order valence-electron chi connectivity index (χ3n) is 5.89. The summed E-state index contributed by atoms with van der Waals surface area (Å²) in [5, 5.41) is 7.04. The zero-order valence-corrected chi connectivity index (χ0v) is 21.7. The molecule has 0 saturated carbocycles. The average molecular weight is 551 g/mol. The van der Waals surface area contributed by atoms with E-state index >= 15 is 0 Å². The lowest BCUT2D eigenvalue weighted by Crippen LogP contribution is -2.45. The Morgan fingerprint density at radius 1 is 1.20 bits per heavy atom. The van der Waals surface area contributed by atoms with Gasteiger partial charge < -0.3 is 19.8 Å². The molecule has 6 nitrogen and oxygen atoms in total. The normalized spacial score (nSPS) is 20.9. The van der Waals surface area contributed by atoms with E-state index in [1.54, 1.807) is 6.26 Å². The van der Waals surface area contributed by atoms with Gasteiger partial charge in [0, 0.05) is 31.1 Å². The van der Waals surface area contributed by atoms with Gasteiger partial charge >= 0.3 is 0 Å². The Bertz CT molecular complexity index is 597. The number of hydrogen-bond donors (Lipinski definition) is 2. The first kappa shape index (κ1) is 25.8. The van der Waals surface area contributed by atoms with Crippen LogP contribution in [0.3, 0.4) is 0 Å². The number of guanidine groups is 1. The highest BCUT2D eigenvalue weighted by molar-refractivity contribution is 14.0. The molecule has 1 aromatic rings. The quantitative estimate of drug-likeness (QED) is 0.272. The lowest BCUT2D eigenvalue weighted by molar-refractivity contribution is 0.0793. The maximum absolute atomic E-state index is 5.79. The Balaban J connectivity index is 0.00000320. The highest BCUT2D eigenvalue weighted by Gasteiger charge is 2.32. The van der Waals surface area contributed by atoms with Crippen molar-refractivity contribution in [3.63, 3.8) is 0 Å². The van der Waals surface area contributed by atoms with E-state index < -0.39 is 0 Å². The van der Waals surface area contributed by atoms with Gasteiger partial charge in [0.15, 0.2) is 5.96 Å². The average Bonchev–Trinajstić information content (AvgIpc) is 3.28. The second-order valence-electron chi connectivity index (χ2n) is 7.93. The number of aliphatic imine (C=N–C) groups is 1. The number of furan rings is 1. The van der Waals surface area contributed by atoms with Crippen molar-refractivity contribution in [1.82, 2.24) is 15.5 Å². The lowest BCUT2D eigenvalue weighted by Gasteiger charge is -2.35. The van der Waals surface area contributed by atoms with Crippen LogP contribution in [0.5, 0.6) is 0 Å². The molecule has 2 aliphatic heterocycles. The predicted molar refractivity (Wildman–Crippen MR) is 137 cm³/mol. The van der Waals surface area contributed by atoms with Crippen molar-refractivity contribution in [2.75, 3.05) is 51.7 Å². The van der Waals surface area contributed by atoms with E-state index in [1.165, 1.54) is 19.3 Å². The molecule has 30 heavy (non-hydrogen) atoms. The monoisotopic (exact) mass is 550 g/mol. The highest BCUT2D eigenvalue weighted by Crippen LogP contribution is 2.35. The number of hydrogen-bond acceptors (Lipinski definition) is 5. The van der Waals surface area contributed by atoms with Gasteiger partial charge in [-0.25, -0.2) is 0 Å². The first-order valence-corrected chi connectivity index (χ1v) is 12.3. The van der Waals surface area contributed by atoms with Gasteiger partial charge in [-0.15, -0.1) is 24.0 Å². The van der Waals surface area contributed by atoms with Crippen LogP contribution in [0.15, 0.2) is 27.8 Å². The van der Waals surface area contributed by atoms with Crippen LogP contribution in [-0.4, -0.2) is 67.3 Å². The van der Waals surface area contributed by atoms with Crippen molar-refractivity contribution in [2.24, 2.45) is 4.99 Å². The third-order valence-corrected chi connectivity index (χ3v) is 7.33. The van der Waals surface area contributed by atoms with Crippen molar-refractivity contribution < 1.29 is 9.15 Å². The lowest BCUT2D eigenvalue weighted by atomic mass is 9.99. The second kappa shape index (κ2) is 13.9. The summed E-state index contributed by atoms with van der Waals surface area (Å²) in [6.45, 7) is 10.8. The van der Waals surface area contributed by atoms with Gasteiger partial charge in [0.1, 0.15) is 5.76 Å². The number of piperidine rings is 1. The summed E-state index contributed by atoms with van der Waals surface area (Å²) in [4.78, 5) is 7.54. The van der Waals surface area contributed by atoms with E-state index in [0.29, 0.717) is 0 Å². The summed E-state index contributed by atoms with van der Waals surface area (Å²) in [5.74, 6) is 3.07. The minimum Gasteiger partial charge on any atom is -0.468 e. The fourth-order valence-electron chi connectivity index (χ4n) is 4.28. The van der Waals surface area contributed by atoms with Crippen LogP contribution < -0.4 is 10.6 Å². The molecule has 2 aliphatic rings. The van der Waals surface area contributed by atoms with E-state index in [0.717, 1.165) is 76.3 Å². The van der Waals surface area contributed by atoms with Crippen molar-refractivity contribution in [3.05, 3.63) is 24.2 Å². The fourth-order valence-corrected chi connectivity index (χ4v) is 5.50. The molecule has 0 amide bonds. The molecule has 1 atom stereocenters. The van der Waals surface area contributed by atoms with Crippen LogP contribution in [0.25, 0.3) is 0 Å². The molecule has 2 saturated heterocycles. The zero-order chi connectivity index (χ0) is 20.4. The highest BCUT2D eigenvalue weighted by atomic mass is 127. The Labute approximate surface area is 203 Å². The van der Waals surface area contributed by atoms with Gasteiger partial charge in [-0.3, -0.25) is 9.89 Å². The van der Waals surface area contributed by atoms with Gasteiger partial charge in [0.2, 0.25) is 0 Å².